The van der Waals surface area contributed by atoms with Crippen LogP contribution in [0.2, 0.25) is 0 Å². The monoisotopic (exact) mass is 271 g/mol. The number of aromatic nitrogens is 3. The molecule has 1 aromatic carbocycles. The topological polar surface area (TPSA) is 101 Å². The van der Waals surface area contributed by atoms with E-state index in [0.717, 1.165) is 0 Å². The van der Waals surface area contributed by atoms with Crippen LogP contribution in [0.1, 0.15) is 10.6 Å². The molecule has 2 aromatic heterocycles. The summed E-state index contributed by atoms with van der Waals surface area (Å²) < 4.78 is 6.15. The maximum atomic E-state index is 11.5. The van der Waals surface area contributed by atoms with Gasteiger partial charge in [0.05, 0.1) is 5.69 Å². The van der Waals surface area contributed by atoms with E-state index in [2.05, 4.69) is 10.1 Å². The second-order valence-electron chi connectivity index (χ2n) is 4.06. The van der Waals surface area contributed by atoms with Gasteiger partial charge in [0.1, 0.15) is 5.69 Å². The Balaban J connectivity index is 1.95. The molecular formula is C13H9N3O4. The van der Waals surface area contributed by atoms with Crippen LogP contribution in [0.5, 0.6) is 0 Å². The van der Waals surface area contributed by atoms with Crippen molar-refractivity contribution in [3.05, 3.63) is 59.0 Å². The van der Waals surface area contributed by atoms with Crippen LogP contribution < -0.4 is 5.69 Å². The Kier molecular flexibility index (Phi) is 2.72. The number of carboxylic acid groups (broad SMARTS) is 1. The van der Waals surface area contributed by atoms with Crippen LogP contribution >= 0.6 is 0 Å². The van der Waals surface area contributed by atoms with Gasteiger partial charge in [-0.3, -0.25) is 4.57 Å². The largest absolute Gasteiger partial charge is 0.475 e. The summed E-state index contributed by atoms with van der Waals surface area (Å²) in [5, 5.41) is 12.5. The van der Waals surface area contributed by atoms with Crippen molar-refractivity contribution in [1.29, 1.82) is 0 Å². The van der Waals surface area contributed by atoms with Crippen LogP contribution in [0.3, 0.4) is 0 Å². The SMILES string of the molecule is O=C(O)c1cc(-c2ccc(-n3cc[nH]c3=O)cc2)no1. The molecule has 0 saturated heterocycles. The Labute approximate surface area is 112 Å². The number of carboxylic acids is 1. The molecule has 3 aromatic rings. The first kappa shape index (κ1) is 12.0. The summed E-state index contributed by atoms with van der Waals surface area (Å²) in [5.74, 6) is -1.38. The normalized spacial score (nSPS) is 10.6. The van der Waals surface area contributed by atoms with Crippen molar-refractivity contribution in [2.24, 2.45) is 0 Å². The van der Waals surface area contributed by atoms with E-state index in [9.17, 15) is 9.59 Å². The molecule has 0 amide bonds. The molecule has 100 valence electrons. The van der Waals surface area contributed by atoms with E-state index in [0.29, 0.717) is 16.9 Å². The summed E-state index contributed by atoms with van der Waals surface area (Å²) in [6.07, 6.45) is 3.17. The van der Waals surface area contributed by atoms with E-state index >= 15 is 0 Å². The first-order chi connectivity index (χ1) is 9.65. The molecule has 0 fully saturated rings. The summed E-state index contributed by atoms with van der Waals surface area (Å²) >= 11 is 0. The predicted octanol–water partition coefficient (Wildman–Crippen LogP) is 1.52. The standard InChI is InChI=1S/C13H9N3O4/c17-12(18)11-7-10(15-20-11)8-1-3-9(4-2-8)16-6-5-14-13(16)19/h1-7H,(H,14,19)(H,17,18). The summed E-state index contributed by atoms with van der Waals surface area (Å²) in [5.41, 5.74) is 1.60. The van der Waals surface area contributed by atoms with Crippen LogP contribution in [0.15, 0.2) is 52.0 Å². The number of hydrogen-bond donors (Lipinski definition) is 2. The molecule has 0 radical (unpaired) electrons. The van der Waals surface area contributed by atoms with Gasteiger partial charge in [0, 0.05) is 24.0 Å². The third kappa shape index (κ3) is 2.01. The summed E-state index contributed by atoms with van der Waals surface area (Å²) in [7, 11) is 0. The van der Waals surface area contributed by atoms with Gasteiger partial charge >= 0.3 is 11.7 Å². The van der Waals surface area contributed by atoms with Crippen LogP contribution in [0, 0.1) is 0 Å². The predicted molar refractivity (Wildman–Crippen MR) is 68.8 cm³/mol. The fourth-order valence-electron chi connectivity index (χ4n) is 1.83. The lowest BCUT2D eigenvalue weighted by Crippen LogP contribution is -2.13. The van der Waals surface area contributed by atoms with Crippen molar-refractivity contribution >= 4 is 5.97 Å². The highest BCUT2D eigenvalue weighted by Crippen LogP contribution is 2.20. The number of aromatic carboxylic acids is 1. The van der Waals surface area contributed by atoms with Crippen molar-refractivity contribution in [1.82, 2.24) is 14.7 Å². The number of H-pyrrole nitrogens is 1. The van der Waals surface area contributed by atoms with Gasteiger partial charge < -0.3 is 14.6 Å². The van der Waals surface area contributed by atoms with Crippen molar-refractivity contribution in [3.8, 4) is 16.9 Å². The molecule has 0 aliphatic carbocycles. The molecule has 2 heterocycles. The van der Waals surface area contributed by atoms with Gasteiger partial charge in [-0.2, -0.15) is 0 Å². The zero-order valence-corrected chi connectivity index (χ0v) is 10.1. The third-order valence-electron chi connectivity index (χ3n) is 2.81. The van der Waals surface area contributed by atoms with Crippen LogP contribution in [-0.4, -0.2) is 25.8 Å². The van der Waals surface area contributed by atoms with E-state index in [1.807, 2.05) is 0 Å². The van der Waals surface area contributed by atoms with Gasteiger partial charge in [0.2, 0.25) is 5.76 Å². The van der Waals surface area contributed by atoms with E-state index < -0.39 is 5.97 Å². The lowest BCUT2D eigenvalue weighted by atomic mass is 10.1. The Hall–Kier alpha value is -3.09. The highest BCUT2D eigenvalue weighted by atomic mass is 16.5. The molecule has 3 rings (SSSR count). The minimum absolute atomic E-state index is 0.217. The number of nitrogens with one attached hydrogen (secondary N) is 1. The summed E-state index contributed by atoms with van der Waals surface area (Å²) in [4.78, 5) is 24.7. The fraction of sp³-hybridized carbons (Fsp3) is 0. The van der Waals surface area contributed by atoms with Gasteiger partial charge in [0.25, 0.3) is 0 Å². The highest BCUT2D eigenvalue weighted by molar-refractivity contribution is 5.85. The second-order valence-corrected chi connectivity index (χ2v) is 4.06. The Bertz CT molecular complexity index is 811. The first-order valence-electron chi connectivity index (χ1n) is 5.72. The van der Waals surface area contributed by atoms with Gasteiger partial charge in [-0.05, 0) is 12.1 Å². The number of carbonyl (C=O) groups is 1. The fourth-order valence-corrected chi connectivity index (χ4v) is 1.83. The van der Waals surface area contributed by atoms with Gasteiger partial charge in [-0.15, -0.1) is 0 Å². The lowest BCUT2D eigenvalue weighted by Gasteiger charge is -2.01. The average molecular weight is 271 g/mol. The molecular weight excluding hydrogens is 262 g/mol. The minimum Gasteiger partial charge on any atom is -0.475 e. The molecule has 2 N–H and O–H groups in total. The first-order valence-corrected chi connectivity index (χ1v) is 5.72. The summed E-state index contributed by atoms with van der Waals surface area (Å²) in [6.45, 7) is 0. The van der Waals surface area contributed by atoms with Crippen LogP contribution in [-0.2, 0) is 0 Å². The molecule has 7 nitrogen and oxygen atoms in total. The molecule has 0 aliphatic rings. The number of imidazole rings is 1. The van der Waals surface area contributed by atoms with Gasteiger partial charge in [-0.25, -0.2) is 9.59 Å². The average Bonchev–Trinajstić information content (AvgIpc) is 3.07. The number of aromatic amines is 1. The van der Waals surface area contributed by atoms with E-state index in [1.165, 1.54) is 10.6 Å². The lowest BCUT2D eigenvalue weighted by molar-refractivity contribution is 0.0652. The Morgan fingerprint density at radius 2 is 2.05 bits per heavy atom. The smallest absolute Gasteiger partial charge is 0.374 e. The van der Waals surface area contributed by atoms with E-state index in [4.69, 9.17) is 9.63 Å². The summed E-state index contributed by atoms with van der Waals surface area (Å²) in [6, 6.07) is 8.29. The van der Waals surface area contributed by atoms with Crippen molar-refractivity contribution in [3.63, 3.8) is 0 Å². The minimum atomic E-state index is -1.17. The second kappa shape index (κ2) is 4.54. The third-order valence-corrected chi connectivity index (χ3v) is 2.81. The zero-order chi connectivity index (χ0) is 14.1. The number of nitrogens with zero attached hydrogens (tertiary/aromatic N) is 2. The molecule has 0 spiro atoms. The molecule has 7 heteroatoms. The molecule has 0 unspecified atom stereocenters. The van der Waals surface area contributed by atoms with Crippen LogP contribution in [0.4, 0.5) is 0 Å². The number of benzene rings is 1. The van der Waals surface area contributed by atoms with Crippen molar-refractivity contribution in [2.75, 3.05) is 0 Å². The van der Waals surface area contributed by atoms with Crippen LogP contribution in [0.25, 0.3) is 16.9 Å². The Morgan fingerprint density at radius 1 is 1.30 bits per heavy atom. The molecule has 0 aliphatic heterocycles. The molecule has 0 saturated carbocycles. The molecule has 20 heavy (non-hydrogen) atoms. The maximum absolute atomic E-state index is 11.5. The van der Waals surface area contributed by atoms with Gasteiger partial charge in [0.15, 0.2) is 0 Å². The Morgan fingerprint density at radius 3 is 2.60 bits per heavy atom. The van der Waals surface area contributed by atoms with Crippen molar-refractivity contribution < 1.29 is 14.4 Å². The molecule has 0 atom stereocenters. The number of hydrogen-bond acceptors (Lipinski definition) is 4. The molecule has 0 bridgehead atoms. The zero-order valence-electron chi connectivity index (χ0n) is 10.1. The maximum Gasteiger partial charge on any atom is 0.374 e. The number of rotatable bonds is 3. The highest BCUT2D eigenvalue weighted by Gasteiger charge is 2.12. The van der Waals surface area contributed by atoms with Gasteiger partial charge in [-0.1, -0.05) is 17.3 Å². The van der Waals surface area contributed by atoms with E-state index in [1.54, 1.807) is 36.7 Å². The quantitative estimate of drug-likeness (QED) is 0.752. The van der Waals surface area contributed by atoms with E-state index in [-0.39, 0.29) is 11.4 Å². The van der Waals surface area contributed by atoms with Crippen molar-refractivity contribution in [2.45, 2.75) is 0 Å².